The fourth-order valence-electron chi connectivity index (χ4n) is 2.52. The van der Waals surface area contributed by atoms with E-state index in [2.05, 4.69) is 26.9 Å². The van der Waals surface area contributed by atoms with Crippen molar-refractivity contribution in [1.29, 1.82) is 0 Å². The van der Waals surface area contributed by atoms with Crippen molar-refractivity contribution in [3.8, 4) is 17.0 Å². The quantitative estimate of drug-likeness (QED) is 0.638. The zero-order valence-electron chi connectivity index (χ0n) is 14.2. The smallest absolute Gasteiger partial charge is 0.200 e. The first-order valence-corrected chi connectivity index (χ1v) is 9.36. The number of hydrogen-bond donors (Lipinski definition) is 2. The molecule has 8 heteroatoms. The van der Waals surface area contributed by atoms with Gasteiger partial charge in [-0.05, 0) is 48.8 Å². The Bertz CT molecular complexity index is 822. The summed E-state index contributed by atoms with van der Waals surface area (Å²) in [6.07, 6.45) is 4.49. The number of anilines is 1. The standard InChI is InChI=1S/C17H21N5O2S/c1-24-14-5-3-12(4-6-14)15-9-16(17-20-18-11-22(17)21-15)19-13(10-23)7-8-25-2/h3-6,9,11,13,19,23H,7-8,10H2,1-2H3/t13-/m0/s1. The molecule has 3 rings (SSSR count). The van der Waals surface area contributed by atoms with Gasteiger partial charge < -0.3 is 15.2 Å². The number of fused-ring (bicyclic) bond motifs is 1. The lowest BCUT2D eigenvalue weighted by atomic mass is 10.1. The van der Waals surface area contributed by atoms with E-state index in [-0.39, 0.29) is 12.6 Å². The average Bonchev–Trinajstić information content (AvgIpc) is 3.14. The molecule has 0 spiro atoms. The Labute approximate surface area is 150 Å². The summed E-state index contributed by atoms with van der Waals surface area (Å²) in [6, 6.07) is 9.61. The van der Waals surface area contributed by atoms with Gasteiger partial charge in [0.25, 0.3) is 0 Å². The maximum atomic E-state index is 9.64. The minimum atomic E-state index is -0.0425. The largest absolute Gasteiger partial charge is 0.497 e. The predicted octanol–water partition coefficient (Wildman–Crippen LogP) is 2.33. The summed E-state index contributed by atoms with van der Waals surface area (Å²) in [7, 11) is 1.64. The Morgan fingerprint density at radius 3 is 2.80 bits per heavy atom. The lowest BCUT2D eigenvalue weighted by Gasteiger charge is -2.18. The van der Waals surface area contributed by atoms with Crippen LogP contribution in [0, 0.1) is 0 Å². The third-order valence-electron chi connectivity index (χ3n) is 3.90. The van der Waals surface area contributed by atoms with E-state index in [1.54, 1.807) is 29.7 Å². The number of methoxy groups -OCH3 is 1. The van der Waals surface area contributed by atoms with Crippen molar-refractivity contribution in [2.24, 2.45) is 0 Å². The molecule has 0 saturated heterocycles. The minimum Gasteiger partial charge on any atom is -0.497 e. The fourth-order valence-corrected chi connectivity index (χ4v) is 3.04. The molecule has 0 radical (unpaired) electrons. The Morgan fingerprint density at radius 1 is 1.32 bits per heavy atom. The van der Waals surface area contributed by atoms with Crippen LogP contribution in [0.5, 0.6) is 5.75 Å². The van der Waals surface area contributed by atoms with Gasteiger partial charge in [-0.2, -0.15) is 21.4 Å². The lowest BCUT2D eigenvalue weighted by molar-refractivity contribution is 0.272. The Balaban J connectivity index is 1.95. The van der Waals surface area contributed by atoms with Crippen LogP contribution in [-0.2, 0) is 0 Å². The highest BCUT2D eigenvalue weighted by atomic mass is 32.2. The van der Waals surface area contributed by atoms with Gasteiger partial charge in [-0.3, -0.25) is 0 Å². The van der Waals surface area contributed by atoms with Gasteiger partial charge in [0.15, 0.2) is 0 Å². The molecule has 2 heterocycles. The number of nitrogens with zero attached hydrogens (tertiary/aromatic N) is 4. The van der Waals surface area contributed by atoms with Crippen molar-refractivity contribution in [2.75, 3.05) is 31.0 Å². The first-order chi connectivity index (χ1) is 12.2. The molecule has 25 heavy (non-hydrogen) atoms. The van der Waals surface area contributed by atoms with Crippen LogP contribution in [0.3, 0.4) is 0 Å². The van der Waals surface area contributed by atoms with Crippen molar-refractivity contribution in [2.45, 2.75) is 12.5 Å². The molecule has 0 aliphatic heterocycles. The van der Waals surface area contributed by atoms with E-state index in [1.165, 1.54) is 0 Å². The second kappa shape index (κ2) is 8.17. The van der Waals surface area contributed by atoms with Crippen LogP contribution in [0.1, 0.15) is 6.42 Å². The summed E-state index contributed by atoms with van der Waals surface area (Å²) in [5.74, 6) is 1.77. The number of nitrogens with one attached hydrogen (secondary N) is 1. The topological polar surface area (TPSA) is 84.6 Å². The van der Waals surface area contributed by atoms with Gasteiger partial charge in [0, 0.05) is 5.56 Å². The lowest BCUT2D eigenvalue weighted by Crippen LogP contribution is -2.25. The van der Waals surface area contributed by atoms with Crippen LogP contribution in [-0.4, -0.2) is 56.7 Å². The second-order valence-corrected chi connectivity index (χ2v) is 6.56. The number of aliphatic hydroxyl groups excluding tert-OH is 1. The molecule has 1 aromatic carbocycles. The summed E-state index contributed by atoms with van der Waals surface area (Å²) >= 11 is 1.76. The van der Waals surface area contributed by atoms with Crippen molar-refractivity contribution in [1.82, 2.24) is 19.8 Å². The SMILES string of the molecule is COc1ccc(-c2cc(N[C@H](CO)CCSC)c3nncn3n2)cc1. The molecule has 0 fully saturated rings. The van der Waals surface area contributed by atoms with Crippen LogP contribution < -0.4 is 10.1 Å². The Hall–Kier alpha value is -2.32. The summed E-state index contributed by atoms with van der Waals surface area (Å²) in [6.45, 7) is 0.0566. The molecule has 0 bridgehead atoms. The molecule has 0 aliphatic rings. The molecular formula is C17H21N5O2S. The van der Waals surface area contributed by atoms with Crippen molar-refractivity contribution < 1.29 is 9.84 Å². The minimum absolute atomic E-state index is 0.0425. The normalized spacial score (nSPS) is 12.3. The van der Waals surface area contributed by atoms with Gasteiger partial charge >= 0.3 is 0 Å². The van der Waals surface area contributed by atoms with E-state index >= 15 is 0 Å². The molecule has 132 valence electrons. The molecule has 2 N–H and O–H groups in total. The van der Waals surface area contributed by atoms with E-state index in [4.69, 9.17) is 4.74 Å². The van der Waals surface area contributed by atoms with Crippen LogP contribution in [0.2, 0.25) is 0 Å². The van der Waals surface area contributed by atoms with Gasteiger partial charge in [-0.25, -0.2) is 0 Å². The molecule has 0 unspecified atom stereocenters. The highest BCUT2D eigenvalue weighted by molar-refractivity contribution is 7.98. The predicted molar refractivity (Wildman–Crippen MR) is 100 cm³/mol. The van der Waals surface area contributed by atoms with Crippen LogP contribution >= 0.6 is 11.8 Å². The Morgan fingerprint density at radius 2 is 2.12 bits per heavy atom. The molecular weight excluding hydrogens is 338 g/mol. The van der Waals surface area contributed by atoms with E-state index < -0.39 is 0 Å². The van der Waals surface area contributed by atoms with Crippen LogP contribution in [0.25, 0.3) is 16.9 Å². The number of benzene rings is 1. The molecule has 3 aromatic rings. The van der Waals surface area contributed by atoms with Crippen LogP contribution in [0.4, 0.5) is 5.69 Å². The number of hydrogen-bond acceptors (Lipinski definition) is 7. The van der Waals surface area contributed by atoms with Crippen molar-refractivity contribution in [3.05, 3.63) is 36.7 Å². The van der Waals surface area contributed by atoms with Gasteiger partial charge in [-0.1, -0.05) is 0 Å². The first kappa shape index (κ1) is 17.5. The van der Waals surface area contributed by atoms with Crippen LogP contribution in [0.15, 0.2) is 36.7 Å². The van der Waals surface area contributed by atoms with Gasteiger partial charge in [0.1, 0.15) is 12.1 Å². The zero-order valence-corrected chi connectivity index (χ0v) is 15.0. The average molecular weight is 359 g/mol. The third-order valence-corrected chi connectivity index (χ3v) is 4.55. The number of ether oxygens (including phenoxy) is 1. The number of aromatic nitrogens is 4. The summed E-state index contributed by atoms with van der Waals surface area (Å²) < 4.78 is 6.85. The summed E-state index contributed by atoms with van der Waals surface area (Å²) in [4.78, 5) is 0. The molecule has 2 aromatic heterocycles. The Kier molecular flexibility index (Phi) is 5.72. The first-order valence-electron chi connectivity index (χ1n) is 7.97. The number of rotatable bonds is 8. The molecule has 0 saturated carbocycles. The zero-order chi connectivity index (χ0) is 17.6. The van der Waals surface area contributed by atoms with E-state index in [0.29, 0.717) is 5.65 Å². The molecule has 7 nitrogen and oxygen atoms in total. The maximum Gasteiger partial charge on any atom is 0.200 e. The van der Waals surface area contributed by atoms with E-state index in [1.807, 2.05) is 30.3 Å². The van der Waals surface area contributed by atoms with Gasteiger partial charge in [0.05, 0.1) is 31.1 Å². The summed E-state index contributed by atoms with van der Waals surface area (Å²) in [5.41, 5.74) is 3.20. The fraction of sp³-hybridized carbons (Fsp3) is 0.353. The van der Waals surface area contributed by atoms with Crippen molar-refractivity contribution >= 4 is 23.1 Å². The van der Waals surface area contributed by atoms with E-state index in [0.717, 1.165) is 34.9 Å². The summed E-state index contributed by atoms with van der Waals surface area (Å²) in [5, 5.41) is 25.6. The number of aliphatic hydroxyl groups is 1. The van der Waals surface area contributed by atoms with Gasteiger partial charge in [-0.15, -0.1) is 10.2 Å². The highest BCUT2D eigenvalue weighted by Crippen LogP contribution is 2.25. The highest BCUT2D eigenvalue weighted by Gasteiger charge is 2.14. The van der Waals surface area contributed by atoms with Crippen molar-refractivity contribution in [3.63, 3.8) is 0 Å². The molecule has 1 atom stereocenters. The second-order valence-electron chi connectivity index (χ2n) is 5.58. The van der Waals surface area contributed by atoms with E-state index in [9.17, 15) is 5.11 Å². The van der Waals surface area contributed by atoms with Gasteiger partial charge in [0.2, 0.25) is 5.65 Å². The maximum absolute atomic E-state index is 9.64. The molecule has 0 aliphatic carbocycles. The molecule has 0 amide bonds. The monoisotopic (exact) mass is 359 g/mol. The third kappa shape index (κ3) is 4.02. The number of thioether (sulfide) groups is 1.